The topological polar surface area (TPSA) is 33.2 Å². The third-order valence-electron chi connectivity index (χ3n) is 2.58. The van der Waals surface area contributed by atoms with E-state index in [1.807, 2.05) is 12.1 Å². The zero-order valence-electron chi connectivity index (χ0n) is 7.85. The van der Waals surface area contributed by atoms with Crippen LogP contribution in [0.5, 0.6) is 0 Å². The van der Waals surface area contributed by atoms with E-state index in [9.17, 15) is 4.79 Å². The van der Waals surface area contributed by atoms with Crippen LogP contribution in [0, 0.1) is 0 Å². The number of likely N-dealkylation sites (tertiary alicyclic amines) is 1. The molecular formula is C10H11ClN2O. The molecule has 74 valence electrons. The molecule has 1 fully saturated rings. The number of amides is 1. The van der Waals surface area contributed by atoms with Gasteiger partial charge in [0.1, 0.15) is 5.38 Å². The SMILES string of the molecule is CN1C(=O)[C@@H](Cl)C[C@H]1c1cccnc1. The van der Waals surface area contributed by atoms with Crippen LogP contribution in [0.1, 0.15) is 18.0 Å². The van der Waals surface area contributed by atoms with E-state index in [1.165, 1.54) is 0 Å². The molecular weight excluding hydrogens is 200 g/mol. The van der Waals surface area contributed by atoms with Crippen LogP contribution in [0.3, 0.4) is 0 Å². The van der Waals surface area contributed by atoms with Crippen molar-refractivity contribution in [3.63, 3.8) is 0 Å². The number of carbonyl (C=O) groups is 1. The van der Waals surface area contributed by atoms with Gasteiger partial charge >= 0.3 is 0 Å². The van der Waals surface area contributed by atoms with Gasteiger partial charge < -0.3 is 4.90 Å². The van der Waals surface area contributed by atoms with Crippen molar-refractivity contribution in [2.45, 2.75) is 17.8 Å². The van der Waals surface area contributed by atoms with Crippen molar-refractivity contribution >= 4 is 17.5 Å². The Hall–Kier alpha value is -1.09. The van der Waals surface area contributed by atoms with Gasteiger partial charge in [-0.25, -0.2) is 0 Å². The first-order valence-electron chi connectivity index (χ1n) is 4.51. The minimum atomic E-state index is -0.384. The van der Waals surface area contributed by atoms with Crippen LogP contribution in [-0.4, -0.2) is 28.2 Å². The maximum absolute atomic E-state index is 11.5. The second kappa shape index (κ2) is 3.58. The van der Waals surface area contributed by atoms with Crippen LogP contribution < -0.4 is 0 Å². The number of hydrogen-bond donors (Lipinski definition) is 0. The molecule has 1 amide bonds. The lowest BCUT2D eigenvalue weighted by molar-refractivity contribution is -0.127. The van der Waals surface area contributed by atoms with E-state index in [1.54, 1.807) is 24.3 Å². The van der Waals surface area contributed by atoms with Crippen LogP contribution in [0.15, 0.2) is 24.5 Å². The summed E-state index contributed by atoms with van der Waals surface area (Å²) < 4.78 is 0. The van der Waals surface area contributed by atoms with Crippen LogP contribution >= 0.6 is 11.6 Å². The summed E-state index contributed by atoms with van der Waals surface area (Å²) in [5, 5.41) is -0.384. The van der Waals surface area contributed by atoms with Crippen molar-refractivity contribution in [2.24, 2.45) is 0 Å². The molecule has 0 unspecified atom stereocenters. The first-order valence-corrected chi connectivity index (χ1v) is 4.94. The van der Waals surface area contributed by atoms with Crippen molar-refractivity contribution < 1.29 is 4.79 Å². The maximum Gasteiger partial charge on any atom is 0.240 e. The van der Waals surface area contributed by atoms with Crippen LogP contribution in [-0.2, 0) is 4.79 Å². The predicted molar refractivity (Wildman–Crippen MR) is 54.0 cm³/mol. The van der Waals surface area contributed by atoms with E-state index in [2.05, 4.69) is 4.98 Å². The molecule has 0 aliphatic carbocycles. The van der Waals surface area contributed by atoms with Crippen molar-refractivity contribution in [3.05, 3.63) is 30.1 Å². The van der Waals surface area contributed by atoms with Crippen molar-refractivity contribution in [1.29, 1.82) is 0 Å². The third-order valence-corrected chi connectivity index (χ3v) is 2.95. The summed E-state index contributed by atoms with van der Waals surface area (Å²) in [7, 11) is 1.78. The second-order valence-electron chi connectivity index (χ2n) is 3.45. The van der Waals surface area contributed by atoms with Gasteiger partial charge in [-0.05, 0) is 18.1 Å². The fraction of sp³-hybridized carbons (Fsp3) is 0.400. The van der Waals surface area contributed by atoms with Gasteiger partial charge in [-0.3, -0.25) is 9.78 Å². The fourth-order valence-electron chi connectivity index (χ4n) is 1.76. The Kier molecular flexibility index (Phi) is 2.42. The minimum absolute atomic E-state index is 0.000481. The molecule has 14 heavy (non-hydrogen) atoms. The highest BCUT2D eigenvalue weighted by atomic mass is 35.5. The molecule has 4 heteroatoms. The molecule has 0 spiro atoms. The Bertz CT molecular complexity index is 341. The molecule has 1 aromatic rings. The average Bonchev–Trinajstić information content (AvgIpc) is 2.47. The van der Waals surface area contributed by atoms with E-state index in [-0.39, 0.29) is 17.3 Å². The van der Waals surface area contributed by atoms with E-state index < -0.39 is 0 Å². The number of hydrogen-bond acceptors (Lipinski definition) is 2. The average molecular weight is 211 g/mol. The van der Waals surface area contributed by atoms with Gasteiger partial charge in [0.15, 0.2) is 0 Å². The highest BCUT2D eigenvalue weighted by Crippen LogP contribution is 2.33. The van der Waals surface area contributed by atoms with E-state index in [4.69, 9.17) is 11.6 Å². The lowest BCUT2D eigenvalue weighted by Crippen LogP contribution is -2.25. The van der Waals surface area contributed by atoms with Crippen LogP contribution in [0.4, 0.5) is 0 Å². The van der Waals surface area contributed by atoms with E-state index >= 15 is 0 Å². The summed E-state index contributed by atoms with van der Waals surface area (Å²) in [6.45, 7) is 0. The minimum Gasteiger partial charge on any atom is -0.337 e. The molecule has 0 aromatic carbocycles. The first-order chi connectivity index (χ1) is 6.70. The number of halogens is 1. The molecule has 2 atom stereocenters. The quantitative estimate of drug-likeness (QED) is 0.660. The Morgan fingerprint density at radius 1 is 1.64 bits per heavy atom. The van der Waals surface area contributed by atoms with Crippen molar-refractivity contribution in [2.75, 3.05) is 7.05 Å². The van der Waals surface area contributed by atoms with Crippen LogP contribution in [0.2, 0.25) is 0 Å². The molecule has 1 aliphatic heterocycles. The lowest BCUT2D eigenvalue weighted by Gasteiger charge is -2.19. The Morgan fingerprint density at radius 2 is 2.43 bits per heavy atom. The number of rotatable bonds is 1. The van der Waals surface area contributed by atoms with Gasteiger partial charge in [0.2, 0.25) is 5.91 Å². The number of carbonyl (C=O) groups excluding carboxylic acids is 1. The van der Waals surface area contributed by atoms with Gasteiger partial charge in [0, 0.05) is 19.4 Å². The fourth-order valence-corrected chi connectivity index (χ4v) is 2.08. The molecule has 0 radical (unpaired) electrons. The van der Waals surface area contributed by atoms with E-state index in [0.717, 1.165) is 5.56 Å². The third kappa shape index (κ3) is 1.48. The van der Waals surface area contributed by atoms with Gasteiger partial charge in [0.05, 0.1) is 6.04 Å². The molecule has 2 rings (SSSR count). The van der Waals surface area contributed by atoms with Crippen LogP contribution in [0.25, 0.3) is 0 Å². The molecule has 1 aliphatic rings. The molecule has 3 nitrogen and oxygen atoms in total. The molecule has 0 N–H and O–H groups in total. The summed E-state index contributed by atoms with van der Waals surface area (Å²) in [6.07, 6.45) is 4.17. The first kappa shape index (κ1) is 9.46. The summed E-state index contributed by atoms with van der Waals surface area (Å²) >= 11 is 5.89. The second-order valence-corrected chi connectivity index (χ2v) is 3.98. The zero-order valence-corrected chi connectivity index (χ0v) is 8.61. The highest BCUT2D eigenvalue weighted by molar-refractivity contribution is 6.31. The van der Waals surface area contributed by atoms with Gasteiger partial charge in [0.25, 0.3) is 0 Å². The lowest BCUT2D eigenvalue weighted by atomic mass is 10.1. The highest BCUT2D eigenvalue weighted by Gasteiger charge is 2.36. The molecule has 1 aromatic heterocycles. The summed E-state index contributed by atoms with van der Waals surface area (Å²) in [6, 6.07) is 3.92. The predicted octanol–water partition coefficient (Wildman–Crippen LogP) is 1.59. The monoisotopic (exact) mass is 210 g/mol. The Morgan fingerprint density at radius 3 is 2.93 bits per heavy atom. The number of pyridine rings is 1. The molecule has 1 saturated heterocycles. The standard InChI is InChI=1S/C10H11ClN2O/c1-13-9(5-8(11)10(13)14)7-3-2-4-12-6-7/h2-4,6,8-9H,5H2,1H3/t8-,9-/m0/s1. The summed E-state index contributed by atoms with van der Waals surface area (Å²) in [5.74, 6) is 0.000481. The maximum atomic E-state index is 11.5. The molecule has 0 saturated carbocycles. The Balaban J connectivity index is 2.26. The zero-order chi connectivity index (χ0) is 10.1. The van der Waals surface area contributed by atoms with Gasteiger partial charge in [-0.15, -0.1) is 11.6 Å². The number of aromatic nitrogens is 1. The van der Waals surface area contributed by atoms with E-state index in [0.29, 0.717) is 6.42 Å². The Labute approximate surface area is 87.7 Å². The molecule has 0 bridgehead atoms. The smallest absolute Gasteiger partial charge is 0.240 e. The van der Waals surface area contributed by atoms with Gasteiger partial charge in [-0.1, -0.05) is 6.07 Å². The van der Waals surface area contributed by atoms with Crippen molar-refractivity contribution in [3.8, 4) is 0 Å². The summed E-state index contributed by atoms with van der Waals surface area (Å²) in [4.78, 5) is 17.2. The largest absolute Gasteiger partial charge is 0.337 e. The molecule has 2 heterocycles. The van der Waals surface area contributed by atoms with Crippen molar-refractivity contribution in [1.82, 2.24) is 9.88 Å². The number of alkyl halides is 1. The van der Waals surface area contributed by atoms with Gasteiger partial charge in [-0.2, -0.15) is 0 Å². The number of nitrogens with zero attached hydrogens (tertiary/aromatic N) is 2. The summed E-state index contributed by atoms with van der Waals surface area (Å²) in [5.41, 5.74) is 1.05. The normalized spacial score (nSPS) is 27.0.